The number of phenolic OH excluding ortho intramolecular Hbond substituents is 1. The number of aromatic nitrogens is 1. The van der Waals surface area contributed by atoms with Crippen molar-refractivity contribution in [2.45, 2.75) is 0 Å². The number of nitro groups is 2. The fourth-order valence-corrected chi connectivity index (χ4v) is 4.04. The molecule has 1 heterocycles. The first-order valence-electron chi connectivity index (χ1n) is 10.9. The first-order valence-corrected chi connectivity index (χ1v) is 11.7. The molecule has 11 nitrogen and oxygen atoms in total. The maximum Gasteiger partial charge on any atom is 0.318 e. The summed E-state index contributed by atoms with van der Waals surface area (Å²) in [5.74, 6) is 0.379. The van der Waals surface area contributed by atoms with E-state index in [1.165, 1.54) is 12.1 Å². The molecule has 5 aromatic rings. The van der Waals surface area contributed by atoms with Gasteiger partial charge in [-0.15, -0.1) is 0 Å². The minimum absolute atomic E-state index is 0.0409. The van der Waals surface area contributed by atoms with Gasteiger partial charge in [0, 0.05) is 18.3 Å². The first kappa shape index (κ1) is 24.6. The largest absolute Gasteiger partial charge is 0.507 e. The summed E-state index contributed by atoms with van der Waals surface area (Å²) in [5, 5.41) is 32.8. The lowest BCUT2D eigenvalue weighted by molar-refractivity contribution is -0.394. The standard InChI is InChI=1S/C26H15BrN4O7/c27-19-11-15(5-9-23(19)37-25-10-7-17(30(33)34)13-21(25)31(35)36)14-28-16-6-8-18(22(32)12-16)26-29-20-3-1-2-4-24(20)38-26/h1-14,32H. The number of para-hydroxylation sites is 2. The van der Waals surface area contributed by atoms with E-state index in [0.717, 1.165) is 12.1 Å². The minimum Gasteiger partial charge on any atom is -0.507 e. The van der Waals surface area contributed by atoms with Gasteiger partial charge in [-0.05, 0) is 70.0 Å². The van der Waals surface area contributed by atoms with Crippen LogP contribution in [0.2, 0.25) is 0 Å². The average Bonchev–Trinajstić information content (AvgIpc) is 3.33. The van der Waals surface area contributed by atoms with Crippen molar-refractivity contribution in [2.75, 3.05) is 0 Å². The number of oxazole rings is 1. The van der Waals surface area contributed by atoms with E-state index in [1.54, 1.807) is 42.6 Å². The van der Waals surface area contributed by atoms with Crippen molar-refractivity contribution in [3.63, 3.8) is 0 Å². The molecule has 0 bridgehead atoms. The molecular formula is C26H15BrN4O7. The minimum atomic E-state index is -0.748. The molecule has 188 valence electrons. The summed E-state index contributed by atoms with van der Waals surface area (Å²) in [6.07, 6.45) is 1.57. The predicted octanol–water partition coefficient (Wildman–Crippen LogP) is 7.32. The molecular weight excluding hydrogens is 560 g/mol. The van der Waals surface area contributed by atoms with E-state index in [1.807, 2.05) is 18.2 Å². The van der Waals surface area contributed by atoms with Crippen LogP contribution in [0, 0.1) is 20.2 Å². The molecule has 0 saturated carbocycles. The number of hydrogen-bond donors (Lipinski definition) is 1. The van der Waals surface area contributed by atoms with Crippen molar-refractivity contribution in [2.24, 2.45) is 4.99 Å². The van der Waals surface area contributed by atoms with Gasteiger partial charge < -0.3 is 14.3 Å². The average molecular weight is 575 g/mol. The Labute approximate surface area is 222 Å². The van der Waals surface area contributed by atoms with Gasteiger partial charge in [-0.3, -0.25) is 25.2 Å². The van der Waals surface area contributed by atoms with Crippen LogP contribution in [-0.4, -0.2) is 26.2 Å². The van der Waals surface area contributed by atoms with Crippen molar-refractivity contribution in [1.82, 2.24) is 4.98 Å². The zero-order valence-corrected chi connectivity index (χ0v) is 20.7. The van der Waals surface area contributed by atoms with Gasteiger partial charge in [0.15, 0.2) is 5.58 Å². The maximum atomic E-state index is 11.4. The number of nitro benzene ring substituents is 2. The summed E-state index contributed by atoms with van der Waals surface area (Å²) >= 11 is 3.37. The Morgan fingerprint density at radius 1 is 0.947 bits per heavy atom. The van der Waals surface area contributed by atoms with Crippen molar-refractivity contribution in [1.29, 1.82) is 0 Å². The smallest absolute Gasteiger partial charge is 0.318 e. The molecule has 1 aromatic heterocycles. The van der Waals surface area contributed by atoms with E-state index in [-0.39, 0.29) is 17.2 Å². The lowest BCUT2D eigenvalue weighted by Gasteiger charge is -2.09. The Morgan fingerprint density at radius 2 is 1.74 bits per heavy atom. The van der Waals surface area contributed by atoms with Crippen molar-refractivity contribution in [3.8, 4) is 28.7 Å². The molecule has 0 unspecified atom stereocenters. The fourth-order valence-electron chi connectivity index (χ4n) is 3.56. The number of phenols is 1. The van der Waals surface area contributed by atoms with Gasteiger partial charge in [-0.25, -0.2) is 4.98 Å². The Balaban J connectivity index is 1.34. The zero-order valence-electron chi connectivity index (χ0n) is 19.1. The SMILES string of the molecule is O=[N+]([O-])c1ccc(Oc2ccc(C=Nc3ccc(-c4nc5ccccc5o4)c(O)c3)cc2Br)c([N+](=O)[O-])c1. The predicted molar refractivity (Wildman–Crippen MR) is 142 cm³/mol. The third-order valence-electron chi connectivity index (χ3n) is 5.39. The van der Waals surface area contributed by atoms with Crippen molar-refractivity contribution >= 4 is 50.3 Å². The topological polar surface area (TPSA) is 154 Å². The molecule has 0 atom stereocenters. The van der Waals surface area contributed by atoms with Crippen molar-refractivity contribution in [3.05, 3.63) is 109 Å². The van der Waals surface area contributed by atoms with E-state index >= 15 is 0 Å². The number of ether oxygens (including phenoxy) is 1. The van der Waals surface area contributed by atoms with Crippen LogP contribution in [0.5, 0.6) is 17.2 Å². The second-order valence-electron chi connectivity index (χ2n) is 7.90. The van der Waals surface area contributed by atoms with E-state index in [2.05, 4.69) is 25.9 Å². The summed E-state index contributed by atoms with van der Waals surface area (Å²) in [4.78, 5) is 29.6. The summed E-state index contributed by atoms with van der Waals surface area (Å²) in [6, 6.07) is 20.2. The number of hydrogen-bond acceptors (Lipinski definition) is 9. The van der Waals surface area contributed by atoms with Crippen LogP contribution >= 0.6 is 15.9 Å². The molecule has 1 N–H and O–H groups in total. The van der Waals surface area contributed by atoms with E-state index in [4.69, 9.17) is 9.15 Å². The molecule has 4 aromatic carbocycles. The number of nitrogens with zero attached hydrogens (tertiary/aromatic N) is 4. The molecule has 5 rings (SSSR count). The zero-order chi connectivity index (χ0) is 26.8. The van der Waals surface area contributed by atoms with Gasteiger partial charge in [-0.1, -0.05) is 12.1 Å². The molecule has 0 radical (unpaired) electrons. The summed E-state index contributed by atoms with van der Waals surface area (Å²) in [7, 11) is 0. The van der Waals surface area contributed by atoms with E-state index in [9.17, 15) is 25.3 Å². The molecule has 38 heavy (non-hydrogen) atoms. The van der Waals surface area contributed by atoms with Gasteiger partial charge in [0.05, 0.1) is 31.6 Å². The Hall–Kier alpha value is -5.10. The van der Waals surface area contributed by atoms with Crippen LogP contribution in [-0.2, 0) is 0 Å². The van der Waals surface area contributed by atoms with Crippen molar-refractivity contribution < 1.29 is 24.1 Å². The quantitative estimate of drug-likeness (QED) is 0.120. The van der Waals surface area contributed by atoms with Gasteiger partial charge >= 0.3 is 5.69 Å². The number of benzene rings is 4. The summed E-state index contributed by atoms with van der Waals surface area (Å²) in [5.41, 5.74) is 1.95. The molecule has 0 spiro atoms. The van der Waals surface area contributed by atoms with Crippen LogP contribution in [0.25, 0.3) is 22.6 Å². The second-order valence-corrected chi connectivity index (χ2v) is 8.76. The van der Waals surface area contributed by atoms with Crippen LogP contribution in [0.1, 0.15) is 5.56 Å². The van der Waals surface area contributed by atoms with Gasteiger partial charge in [0.1, 0.15) is 17.0 Å². The number of halogens is 1. The van der Waals surface area contributed by atoms with E-state index < -0.39 is 21.2 Å². The Bertz CT molecular complexity index is 1720. The highest BCUT2D eigenvalue weighted by Crippen LogP contribution is 2.38. The molecule has 0 aliphatic carbocycles. The molecule has 0 fully saturated rings. The summed E-state index contributed by atoms with van der Waals surface area (Å²) < 4.78 is 11.8. The molecule has 0 amide bonds. The second kappa shape index (κ2) is 10.1. The van der Waals surface area contributed by atoms with Crippen LogP contribution < -0.4 is 4.74 Å². The lowest BCUT2D eigenvalue weighted by Crippen LogP contribution is -1.96. The van der Waals surface area contributed by atoms with E-state index in [0.29, 0.717) is 38.3 Å². The molecule has 0 aliphatic rings. The highest BCUT2D eigenvalue weighted by molar-refractivity contribution is 9.10. The number of rotatable bonds is 7. The monoisotopic (exact) mass is 574 g/mol. The number of fused-ring (bicyclic) bond motifs is 1. The van der Waals surface area contributed by atoms with Crippen LogP contribution in [0.15, 0.2) is 92.7 Å². The Kier molecular flexibility index (Phi) is 6.54. The molecule has 0 aliphatic heterocycles. The van der Waals surface area contributed by atoms with Crippen LogP contribution in [0.4, 0.5) is 17.1 Å². The Morgan fingerprint density at radius 3 is 2.45 bits per heavy atom. The van der Waals surface area contributed by atoms with Gasteiger partial charge in [-0.2, -0.15) is 0 Å². The molecule has 12 heteroatoms. The highest BCUT2D eigenvalue weighted by Gasteiger charge is 2.22. The third-order valence-corrected chi connectivity index (χ3v) is 6.01. The number of aromatic hydroxyl groups is 1. The number of aliphatic imine (C=N–C) groups is 1. The maximum absolute atomic E-state index is 11.4. The third kappa shape index (κ3) is 5.06. The highest BCUT2D eigenvalue weighted by atomic mass is 79.9. The molecule has 0 saturated heterocycles. The summed E-state index contributed by atoms with van der Waals surface area (Å²) in [6.45, 7) is 0. The number of non-ortho nitro benzene ring substituents is 1. The van der Waals surface area contributed by atoms with Gasteiger partial charge in [0.25, 0.3) is 5.69 Å². The fraction of sp³-hybridized carbons (Fsp3) is 0. The van der Waals surface area contributed by atoms with Crippen LogP contribution in [0.3, 0.4) is 0 Å². The lowest BCUT2D eigenvalue weighted by atomic mass is 10.2. The first-order chi connectivity index (χ1) is 18.3. The van der Waals surface area contributed by atoms with Gasteiger partial charge in [0.2, 0.25) is 11.6 Å². The normalized spacial score (nSPS) is 11.2.